The van der Waals surface area contributed by atoms with Crippen molar-refractivity contribution in [2.24, 2.45) is 0 Å². The van der Waals surface area contributed by atoms with Gasteiger partial charge in [-0.15, -0.1) is 11.3 Å². The van der Waals surface area contributed by atoms with Gasteiger partial charge in [0, 0.05) is 24.5 Å². The van der Waals surface area contributed by atoms with Gasteiger partial charge in [-0.25, -0.2) is 4.79 Å². The van der Waals surface area contributed by atoms with Crippen LogP contribution in [0.4, 0.5) is 4.79 Å². The first-order valence-corrected chi connectivity index (χ1v) is 9.04. The van der Waals surface area contributed by atoms with Crippen LogP contribution in [0.3, 0.4) is 0 Å². The fourth-order valence-electron chi connectivity index (χ4n) is 3.09. The van der Waals surface area contributed by atoms with Gasteiger partial charge in [-0.3, -0.25) is 4.79 Å². The molecule has 23 heavy (non-hydrogen) atoms. The zero-order chi connectivity index (χ0) is 16.6. The van der Waals surface area contributed by atoms with Crippen molar-refractivity contribution in [3.05, 3.63) is 21.4 Å². The van der Waals surface area contributed by atoms with Crippen molar-refractivity contribution in [2.75, 3.05) is 19.6 Å². The number of ether oxygens (including phenoxy) is 1. The van der Waals surface area contributed by atoms with Gasteiger partial charge in [0.05, 0.1) is 4.88 Å². The first-order chi connectivity index (χ1) is 10.8. The number of hydrogen-bond donors (Lipinski definition) is 1. The summed E-state index contributed by atoms with van der Waals surface area (Å²) in [5.74, 6) is 0.505. The lowest BCUT2D eigenvalue weighted by Crippen LogP contribution is -2.41. The summed E-state index contributed by atoms with van der Waals surface area (Å²) in [7, 11) is 0. The van der Waals surface area contributed by atoms with Crippen molar-refractivity contribution in [3.8, 4) is 0 Å². The lowest BCUT2D eigenvalue weighted by atomic mass is 9.94. The van der Waals surface area contributed by atoms with Gasteiger partial charge in [-0.2, -0.15) is 0 Å². The molecule has 1 N–H and O–H groups in total. The lowest BCUT2D eigenvalue weighted by Gasteiger charge is -2.33. The number of fused-ring (bicyclic) bond motifs is 1. The van der Waals surface area contributed by atoms with E-state index in [4.69, 9.17) is 4.74 Å². The van der Waals surface area contributed by atoms with Crippen molar-refractivity contribution >= 4 is 23.3 Å². The molecule has 0 saturated carbocycles. The molecule has 1 saturated heterocycles. The highest BCUT2D eigenvalue weighted by molar-refractivity contribution is 7.14. The molecule has 1 fully saturated rings. The predicted molar refractivity (Wildman–Crippen MR) is 90.1 cm³/mol. The molecular formula is C17H24N2O3S. The Labute approximate surface area is 141 Å². The molecule has 2 aliphatic heterocycles. The Bertz CT molecular complexity index is 610. The van der Waals surface area contributed by atoms with E-state index in [-0.39, 0.29) is 12.0 Å². The summed E-state index contributed by atoms with van der Waals surface area (Å²) in [4.78, 5) is 28.0. The van der Waals surface area contributed by atoms with Crippen LogP contribution in [0.2, 0.25) is 0 Å². The normalized spacial score (nSPS) is 19.3. The Kier molecular flexibility index (Phi) is 4.36. The standard InChI is InChI=1S/C17H24N2O3S/c1-17(2,3)22-16(21)19-8-5-11(6-9-19)13-10-12-4-7-18-15(20)14(12)23-13/h10-11H,4-9H2,1-3H3,(H,18,20). The van der Waals surface area contributed by atoms with Crippen LogP contribution in [0, 0.1) is 0 Å². The molecule has 3 rings (SSSR count). The fourth-order valence-corrected chi connectivity index (χ4v) is 4.39. The second kappa shape index (κ2) is 6.15. The fraction of sp³-hybridized carbons (Fsp3) is 0.647. The molecule has 0 aliphatic carbocycles. The number of nitrogens with one attached hydrogen (secondary N) is 1. The largest absolute Gasteiger partial charge is 0.444 e. The van der Waals surface area contributed by atoms with Crippen LogP contribution < -0.4 is 5.32 Å². The molecule has 0 spiro atoms. The van der Waals surface area contributed by atoms with Gasteiger partial charge in [-0.05, 0) is 57.6 Å². The minimum Gasteiger partial charge on any atom is -0.444 e. The summed E-state index contributed by atoms with van der Waals surface area (Å²) in [6, 6.07) is 2.20. The van der Waals surface area contributed by atoms with E-state index in [2.05, 4.69) is 11.4 Å². The summed E-state index contributed by atoms with van der Waals surface area (Å²) in [5, 5.41) is 2.90. The third-order valence-corrected chi connectivity index (χ3v) is 5.60. The number of likely N-dealkylation sites (tertiary alicyclic amines) is 1. The van der Waals surface area contributed by atoms with E-state index in [0.29, 0.717) is 19.0 Å². The molecule has 5 nitrogen and oxygen atoms in total. The molecule has 2 amide bonds. The van der Waals surface area contributed by atoms with Crippen LogP contribution in [0.5, 0.6) is 0 Å². The highest BCUT2D eigenvalue weighted by Gasteiger charge is 2.29. The first kappa shape index (κ1) is 16.3. The molecule has 0 atom stereocenters. The molecule has 2 aliphatic rings. The SMILES string of the molecule is CC(C)(C)OC(=O)N1CCC(c2cc3c(s2)C(=O)NCC3)CC1. The van der Waals surface area contributed by atoms with Gasteiger partial charge in [0.15, 0.2) is 0 Å². The first-order valence-electron chi connectivity index (χ1n) is 8.22. The zero-order valence-corrected chi connectivity index (χ0v) is 14.8. The minimum atomic E-state index is -0.450. The van der Waals surface area contributed by atoms with Gasteiger partial charge in [0.1, 0.15) is 5.60 Å². The predicted octanol–water partition coefficient (Wildman–Crippen LogP) is 3.15. The van der Waals surface area contributed by atoms with Crippen LogP contribution in [-0.4, -0.2) is 42.1 Å². The van der Waals surface area contributed by atoms with Crippen LogP contribution in [0.25, 0.3) is 0 Å². The molecule has 1 aromatic rings. The number of thiophene rings is 1. The van der Waals surface area contributed by atoms with Crippen LogP contribution in [0.15, 0.2) is 6.07 Å². The molecule has 1 aromatic heterocycles. The molecule has 6 heteroatoms. The maximum atomic E-state index is 12.1. The maximum Gasteiger partial charge on any atom is 0.410 e. The highest BCUT2D eigenvalue weighted by Crippen LogP contribution is 2.36. The van der Waals surface area contributed by atoms with Crippen LogP contribution in [-0.2, 0) is 11.2 Å². The molecule has 0 bridgehead atoms. The minimum absolute atomic E-state index is 0.0636. The summed E-state index contributed by atoms with van der Waals surface area (Å²) >= 11 is 1.62. The van der Waals surface area contributed by atoms with Crippen LogP contribution >= 0.6 is 11.3 Å². The molecule has 126 valence electrons. The van der Waals surface area contributed by atoms with E-state index in [9.17, 15) is 9.59 Å². The molecular weight excluding hydrogens is 312 g/mol. The Morgan fingerprint density at radius 3 is 2.65 bits per heavy atom. The van der Waals surface area contributed by atoms with E-state index in [0.717, 1.165) is 30.7 Å². The van der Waals surface area contributed by atoms with Crippen molar-refractivity contribution in [2.45, 2.75) is 51.6 Å². The maximum absolute atomic E-state index is 12.1. The second-order valence-electron chi connectivity index (χ2n) is 7.25. The summed E-state index contributed by atoms with van der Waals surface area (Å²) in [5.41, 5.74) is 0.733. The van der Waals surface area contributed by atoms with Gasteiger partial charge in [0.2, 0.25) is 0 Å². The Morgan fingerprint density at radius 2 is 2.04 bits per heavy atom. The average Bonchev–Trinajstić information content (AvgIpc) is 2.91. The molecule has 0 unspecified atom stereocenters. The number of rotatable bonds is 1. The number of piperidine rings is 1. The number of carbonyl (C=O) groups is 2. The quantitative estimate of drug-likeness (QED) is 0.857. The van der Waals surface area contributed by atoms with Crippen molar-refractivity contribution in [1.29, 1.82) is 0 Å². The van der Waals surface area contributed by atoms with Gasteiger partial charge in [0.25, 0.3) is 5.91 Å². The third-order valence-electron chi connectivity index (χ3n) is 4.26. The third kappa shape index (κ3) is 3.68. The Morgan fingerprint density at radius 1 is 1.35 bits per heavy atom. The summed E-state index contributed by atoms with van der Waals surface area (Å²) in [6.07, 6.45) is 2.57. The number of amides is 2. The number of nitrogens with zero attached hydrogens (tertiary/aromatic N) is 1. The van der Waals surface area contributed by atoms with Crippen molar-refractivity contribution < 1.29 is 14.3 Å². The van der Waals surface area contributed by atoms with E-state index < -0.39 is 5.60 Å². The van der Waals surface area contributed by atoms with Gasteiger partial charge < -0.3 is 15.0 Å². The van der Waals surface area contributed by atoms with E-state index in [1.165, 1.54) is 10.4 Å². The molecule has 0 radical (unpaired) electrons. The highest BCUT2D eigenvalue weighted by atomic mass is 32.1. The monoisotopic (exact) mass is 336 g/mol. The smallest absolute Gasteiger partial charge is 0.410 e. The Balaban J connectivity index is 1.61. The second-order valence-corrected chi connectivity index (χ2v) is 8.33. The zero-order valence-electron chi connectivity index (χ0n) is 14.0. The number of carbonyl (C=O) groups excluding carboxylic acids is 2. The van der Waals surface area contributed by atoms with Crippen molar-refractivity contribution in [1.82, 2.24) is 10.2 Å². The number of hydrogen-bond acceptors (Lipinski definition) is 4. The summed E-state index contributed by atoms with van der Waals surface area (Å²) < 4.78 is 5.44. The molecule has 0 aromatic carbocycles. The average molecular weight is 336 g/mol. The van der Waals surface area contributed by atoms with E-state index in [1.807, 2.05) is 20.8 Å². The topological polar surface area (TPSA) is 58.6 Å². The van der Waals surface area contributed by atoms with Gasteiger partial charge in [-0.1, -0.05) is 0 Å². The van der Waals surface area contributed by atoms with Crippen LogP contribution in [0.1, 0.15) is 59.6 Å². The lowest BCUT2D eigenvalue weighted by molar-refractivity contribution is 0.0205. The Hall–Kier alpha value is -1.56. The summed E-state index contributed by atoms with van der Waals surface area (Å²) in [6.45, 7) is 7.83. The van der Waals surface area contributed by atoms with Crippen molar-refractivity contribution in [3.63, 3.8) is 0 Å². The van der Waals surface area contributed by atoms with E-state index in [1.54, 1.807) is 16.2 Å². The molecule has 3 heterocycles. The van der Waals surface area contributed by atoms with Gasteiger partial charge >= 0.3 is 6.09 Å². The van der Waals surface area contributed by atoms with E-state index >= 15 is 0 Å².